The van der Waals surface area contributed by atoms with Crippen molar-refractivity contribution in [3.63, 3.8) is 0 Å². The Morgan fingerprint density at radius 1 is 1.05 bits per heavy atom. The zero-order chi connectivity index (χ0) is 25.8. The molecule has 3 aromatic rings. The van der Waals surface area contributed by atoms with Gasteiger partial charge in [-0.25, -0.2) is 0 Å². The molecule has 0 unspecified atom stereocenters. The minimum absolute atomic E-state index is 0.0473. The molecule has 3 heterocycles. The van der Waals surface area contributed by atoms with Crippen LogP contribution in [0.5, 0.6) is 23.1 Å². The average Bonchev–Trinajstić information content (AvgIpc) is 2.91. The number of benzene rings is 2. The Balaban J connectivity index is 1.41. The van der Waals surface area contributed by atoms with Crippen molar-refractivity contribution in [1.82, 2.24) is 15.3 Å². The van der Waals surface area contributed by atoms with Crippen molar-refractivity contribution in [3.8, 4) is 23.1 Å². The van der Waals surface area contributed by atoms with Crippen LogP contribution in [-0.2, 0) is 22.6 Å². The van der Waals surface area contributed by atoms with Crippen LogP contribution in [0.3, 0.4) is 0 Å². The number of rotatable bonds is 3. The molecular formula is C27H31N5O5. The maximum absolute atomic E-state index is 13.0. The van der Waals surface area contributed by atoms with E-state index < -0.39 is 0 Å². The van der Waals surface area contributed by atoms with E-state index in [1.54, 1.807) is 13.2 Å². The number of nitrogens with two attached hydrogens (primary N) is 1. The van der Waals surface area contributed by atoms with Crippen molar-refractivity contribution in [1.29, 1.82) is 0 Å². The zero-order valence-corrected chi connectivity index (χ0v) is 21.0. The number of carbonyl (C=O) groups excluding carboxylic acids is 1. The van der Waals surface area contributed by atoms with E-state index in [1.165, 1.54) is 7.11 Å². The Labute approximate surface area is 215 Å². The third-order valence-corrected chi connectivity index (χ3v) is 6.59. The summed E-state index contributed by atoms with van der Waals surface area (Å²) in [4.78, 5) is 23.6. The smallest absolute Gasteiger partial charge is 0.225 e. The number of amides is 1. The maximum atomic E-state index is 13.0. The second-order valence-corrected chi connectivity index (χ2v) is 9.12. The second kappa shape index (κ2) is 10.9. The SMILES string of the molecule is COc1cc(N2CC[C@H]3OCc4cccc(c4)Oc4cc(ccc4OC)CCC(=O)N[C@H]3C2)nc(N)n1. The topological polar surface area (TPSA) is 121 Å². The first-order chi connectivity index (χ1) is 18.0. The average molecular weight is 506 g/mol. The van der Waals surface area contributed by atoms with Gasteiger partial charge in [-0.2, -0.15) is 9.97 Å². The monoisotopic (exact) mass is 505 g/mol. The molecule has 2 aliphatic heterocycles. The molecule has 1 aromatic heterocycles. The number of methoxy groups -OCH3 is 2. The number of piperidine rings is 1. The summed E-state index contributed by atoms with van der Waals surface area (Å²) in [6.07, 6.45) is 1.42. The summed E-state index contributed by atoms with van der Waals surface area (Å²) in [7, 11) is 3.15. The molecule has 2 atom stereocenters. The normalized spacial score (nSPS) is 19.9. The molecule has 37 heavy (non-hydrogen) atoms. The quantitative estimate of drug-likeness (QED) is 0.553. The van der Waals surface area contributed by atoms with Gasteiger partial charge < -0.3 is 34.9 Å². The molecule has 1 amide bonds. The van der Waals surface area contributed by atoms with E-state index in [4.69, 9.17) is 24.7 Å². The van der Waals surface area contributed by atoms with Crippen LogP contribution in [0.25, 0.3) is 0 Å². The predicted molar refractivity (Wildman–Crippen MR) is 138 cm³/mol. The minimum atomic E-state index is -0.237. The lowest BCUT2D eigenvalue weighted by atomic mass is 10.0. The molecule has 10 heteroatoms. The number of nitrogen functional groups attached to an aromatic ring is 1. The fraction of sp³-hybridized carbons (Fsp3) is 0.370. The number of nitrogens with zero attached hydrogens (tertiary/aromatic N) is 3. The second-order valence-electron chi connectivity index (χ2n) is 9.12. The number of aryl methyl sites for hydroxylation is 1. The molecule has 4 bridgehead atoms. The Kier molecular flexibility index (Phi) is 7.27. The van der Waals surface area contributed by atoms with E-state index in [-0.39, 0.29) is 24.0 Å². The van der Waals surface area contributed by atoms with Crippen LogP contribution in [0, 0.1) is 0 Å². The molecule has 3 N–H and O–H groups in total. The van der Waals surface area contributed by atoms with Gasteiger partial charge in [0, 0.05) is 25.6 Å². The van der Waals surface area contributed by atoms with Gasteiger partial charge in [-0.1, -0.05) is 18.2 Å². The number of nitrogens with one attached hydrogen (secondary N) is 1. The fourth-order valence-corrected chi connectivity index (χ4v) is 4.70. The summed E-state index contributed by atoms with van der Waals surface area (Å²) in [5.74, 6) is 3.08. The van der Waals surface area contributed by atoms with Crippen LogP contribution < -0.4 is 30.2 Å². The molecule has 1 fully saturated rings. The van der Waals surface area contributed by atoms with E-state index >= 15 is 0 Å². The highest BCUT2D eigenvalue weighted by molar-refractivity contribution is 5.76. The van der Waals surface area contributed by atoms with Crippen molar-refractivity contribution >= 4 is 17.7 Å². The molecule has 0 spiro atoms. The number of hydrogen-bond donors (Lipinski definition) is 2. The van der Waals surface area contributed by atoms with Gasteiger partial charge in [0.25, 0.3) is 0 Å². The van der Waals surface area contributed by atoms with Crippen LogP contribution >= 0.6 is 0 Å². The van der Waals surface area contributed by atoms with Crippen LogP contribution in [0.2, 0.25) is 0 Å². The van der Waals surface area contributed by atoms with Crippen LogP contribution in [0.1, 0.15) is 24.0 Å². The Morgan fingerprint density at radius 2 is 1.95 bits per heavy atom. The zero-order valence-electron chi connectivity index (χ0n) is 21.0. The first kappa shape index (κ1) is 24.6. The standard InChI is InChI=1S/C27H31N5O5/c1-34-22-8-6-17-7-9-25(33)29-20-15-32(24-14-26(35-2)31-27(28)30-24)11-10-21(20)36-16-18-4-3-5-19(12-18)37-23(22)13-17/h3-6,8,12-14,20-21H,7,9-11,15-16H2,1-2H3,(H,29,33)(H2,28,30,31)/t20-,21+/m0/s1. The summed E-state index contributed by atoms with van der Waals surface area (Å²) in [5, 5.41) is 3.20. The van der Waals surface area contributed by atoms with Crippen molar-refractivity contribution in [2.24, 2.45) is 0 Å². The van der Waals surface area contributed by atoms with Crippen LogP contribution in [-0.4, -0.2) is 55.3 Å². The number of anilines is 2. The summed E-state index contributed by atoms with van der Waals surface area (Å²) >= 11 is 0. The molecular weight excluding hydrogens is 474 g/mol. The number of aromatic nitrogens is 2. The fourth-order valence-electron chi connectivity index (χ4n) is 4.70. The van der Waals surface area contributed by atoms with E-state index in [0.29, 0.717) is 67.9 Å². The molecule has 0 aliphatic carbocycles. The molecule has 0 radical (unpaired) electrons. The summed E-state index contributed by atoms with van der Waals surface area (Å²) in [5.41, 5.74) is 7.84. The van der Waals surface area contributed by atoms with Crippen molar-refractivity contribution in [2.45, 2.75) is 38.0 Å². The lowest BCUT2D eigenvalue weighted by Crippen LogP contribution is -2.56. The third-order valence-electron chi connectivity index (χ3n) is 6.59. The highest BCUT2D eigenvalue weighted by Crippen LogP contribution is 2.33. The van der Waals surface area contributed by atoms with E-state index in [9.17, 15) is 4.79 Å². The van der Waals surface area contributed by atoms with E-state index in [0.717, 1.165) is 11.1 Å². The predicted octanol–water partition coefficient (Wildman–Crippen LogP) is 3.09. The van der Waals surface area contributed by atoms with Gasteiger partial charge in [-0.05, 0) is 48.2 Å². The molecule has 1 saturated heterocycles. The first-order valence-corrected chi connectivity index (χ1v) is 12.3. The number of ether oxygens (including phenoxy) is 4. The lowest BCUT2D eigenvalue weighted by molar-refractivity contribution is -0.123. The van der Waals surface area contributed by atoms with Gasteiger partial charge in [0.2, 0.25) is 17.7 Å². The first-order valence-electron chi connectivity index (χ1n) is 12.3. The number of hydrogen-bond acceptors (Lipinski definition) is 9. The lowest BCUT2D eigenvalue weighted by Gasteiger charge is -2.39. The number of fused-ring (bicyclic) bond motifs is 5. The van der Waals surface area contributed by atoms with Gasteiger partial charge in [0.1, 0.15) is 11.6 Å². The minimum Gasteiger partial charge on any atom is -0.493 e. The molecule has 2 aromatic carbocycles. The summed E-state index contributed by atoms with van der Waals surface area (Å²) in [6, 6.07) is 15.1. The third kappa shape index (κ3) is 5.86. The van der Waals surface area contributed by atoms with Gasteiger partial charge in [-0.3, -0.25) is 4.79 Å². The molecule has 10 nitrogen and oxygen atoms in total. The van der Waals surface area contributed by atoms with Crippen molar-refractivity contribution in [3.05, 3.63) is 59.7 Å². The van der Waals surface area contributed by atoms with Gasteiger partial charge in [0.15, 0.2) is 11.5 Å². The molecule has 5 rings (SSSR count). The molecule has 0 saturated carbocycles. The van der Waals surface area contributed by atoms with E-state index in [1.807, 2.05) is 42.5 Å². The van der Waals surface area contributed by atoms with Crippen molar-refractivity contribution < 1.29 is 23.7 Å². The highest BCUT2D eigenvalue weighted by atomic mass is 16.5. The summed E-state index contributed by atoms with van der Waals surface area (Å²) in [6.45, 7) is 1.59. The van der Waals surface area contributed by atoms with E-state index in [2.05, 4.69) is 20.2 Å². The van der Waals surface area contributed by atoms with Crippen LogP contribution in [0.15, 0.2) is 48.5 Å². The van der Waals surface area contributed by atoms with Gasteiger partial charge in [-0.15, -0.1) is 0 Å². The molecule has 194 valence electrons. The maximum Gasteiger partial charge on any atom is 0.225 e. The van der Waals surface area contributed by atoms with Gasteiger partial charge >= 0.3 is 0 Å². The summed E-state index contributed by atoms with van der Waals surface area (Å²) < 4.78 is 23.3. The Hall–Kier alpha value is -4.05. The van der Waals surface area contributed by atoms with Crippen LogP contribution in [0.4, 0.5) is 11.8 Å². The Morgan fingerprint density at radius 3 is 2.78 bits per heavy atom. The molecule has 2 aliphatic rings. The number of carbonyl (C=O) groups is 1. The van der Waals surface area contributed by atoms with Crippen molar-refractivity contribution in [2.75, 3.05) is 37.9 Å². The largest absolute Gasteiger partial charge is 0.493 e. The Bertz CT molecular complexity index is 1270. The van der Waals surface area contributed by atoms with Gasteiger partial charge in [0.05, 0.1) is 33.0 Å². The highest BCUT2D eigenvalue weighted by Gasteiger charge is 2.32.